The molecule has 2 aromatic rings. The highest BCUT2D eigenvalue weighted by Gasteiger charge is 2.31. The molecule has 0 bridgehead atoms. The van der Waals surface area contributed by atoms with Gasteiger partial charge in [0.2, 0.25) is 0 Å². The van der Waals surface area contributed by atoms with E-state index in [4.69, 9.17) is 9.47 Å². The van der Waals surface area contributed by atoms with Gasteiger partial charge in [0.1, 0.15) is 0 Å². The summed E-state index contributed by atoms with van der Waals surface area (Å²) in [7, 11) is 1.55. The predicted molar refractivity (Wildman–Crippen MR) is 86.0 cm³/mol. The van der Waals surface area contributed by atoms with E-state index in [9.17, 15) is 4.79 Å². The number of amides is 1. The highest BCUT2D eigenvalue weighted by molar-refractivity contribution is 5.95. The van der Waals surface area contributed by atoms with Crippen molar-refractivity contribution in [1.82, 2.24) is 14.7 Å². The molecule has 6 heteroatoms. The molecule has 1 aromatic heterocycles. The van der Waals surface area contributed by atoms with Crippen molar-refractivity contribution in [2.24, 2.45) is 0 Å². The Hall–Kier alpha value is -2.34. The molecule has 1 aliphatic rings. The fourth-order valence-corrected chi connectivity index (χ4v) is 2.69. The van der Waals surface area contributed by atoms with Crippen molar-refractivity contribution in [3.63, 3.8) is 0 Å². The zero-order valence-electron chi connectivity index (χ0n) is 13.6. The molecule has 1 aliphatic heterocycles. The molecule has 1 aromatic carbocycles. The minimum Gasteiger partial charge on any atom is -0.493 e. The van der Waals surface area contributed by atoms with E-state index in [1.165, 1.54) is 0 Å². The first kappa shape index (κ1) is 15.6. The number of para-hydroxylation sites is 1. The fraction of sp³-hybridized carbons (Fsp3) is 0.412. The van der Waals surface area contributed by atoms with Crippen LogP contribution in [0.25, 0.3) is 5.69 Å². The number of methoxy groups -OCH3 is 1. The van der Waals surface area contributed by atoms with Crippen LogP contribution in [0.1, 0.15) is 24.3 Å². The number of benzene rings is 1. The number of carbonyl (C=O) groups is 1. The average Bonchev–Trinajstić information content (AvgIpc) is 3.01. The van der Waals surface area contributed by atoms with E-state index in [1.54, 1.807) is 22.9 Å². The normalized spacial score (nSPS) is 21.3. The lowest BCUT2D eigenvalue weighted by Gasteiger charge is -2.36. The topological polar surface area (TPSA) is 56.6 Å². The molecule has 0 radical (unpaired) electrons. The van der Waals surface area contributed by atoms with Gasteiger partial charge in [-0.3, -0.25) is 4.79 Å². The summed E-state index contributed by atoms with van der Waals surface area (Å²) in [6, 6.07) is 9.67. The number of aromatic nitrogens is 2. The zero-order chi connectivity index (χ0) is 16.4. The van der Waals surface area contributed by atoms with Crippen LogP contribution in [0.4, 0.5) is 0 Å². The Labute approximate surface area is 135 Å². The number of rotatable bonds is 3. The van der Waals surface area contributed by atoms with Crippen LogP contribution in [0.5, 0.6) is 5.75 Å². The first-order valence-corrected chi connectivity index (χ1v) is 7.71. The van der Waals surface area contributed by atoms with Crippen molar-refractivity contribution in [2.75, 3.05) is 20.3 Å². The summed E-state index contributed by atoms with van der Waals surface area (Å²) < 4.78 is 12.6. The smallest absolute Gasteiger partial charge is 0.278 e. The molecule has 1 saturated heterocycles. The maximum Gasteiger partial charge on any atom is 0.278 e. The van der Waals surface area contributed by atoms with E-state index in [0.29, 0.717) is 24.6 Å². The summed E-state index contributed by atoms with van der Waals surface area (Å²) in [5.74, 6) is 0.351. The van der Waals surface area contributed by atoms with Crippen LogP contribution in [-0.2, 0) is 4.74 Å². The number of hydrogen-bond donors (Lipinski definition) is 0. The number of morpholine rings is 1. The highest BCUT2D eigenvalue weighted by atomic mass is 16.5. The molecule has 0 spiro atoms. The Balaban J connectivity index is 1.92. The molecule has 23 heavy (non-hydrogen) atoms. The molecule has 1 fully saturated rings. The first-order chi connectivity index (χ1) is 11.1. The summed E-state index contributed by atoms with van der Waals surface area (Å²) in [5, 5.41) is 4.45. The van der Waals surface area contributed by atoms with Crippen molar-refractivity contribution in [3.8, 4) is 11.4 Å². The lowest BCUT2D eigenvalue weighted by Crippen LogP contribution is -2.50. The molecular weight excluding hydrogens is 294 g/mol. The van der Waals surface area contributed by atoms with E-state index in [-0.39, 0.29) is 18.1 Å². The van der Waals surface area contributed by atoms with Crippen LogP contribution in [0, 0.1) is 0 Å². The van der Waals surface area contributed by atoms with Crippen LogP contribution in [0.2, 0.25) is 0 Å². The van der Waals surface area contributed by atoms with Crippen LogP contribution in [0.15, 0.2) is 36.5 Å². The molecular formula is C17H21N3O3. The van der Waals surface area contributed by atoms with Crippen LogP contribution in [-0.4, -0.2) is 53.0 Å². The second-order valence-electron chi connectivity index (χ2n) is 5.78. The largest absolute Gasteiger partial charge is 0.493 e. The molecule has 122 valence electrons. The average molecular weight is 315 g/mol. The van der Waals surface area contributed by atoms with Gasteiger partial charge in [-0.15, -0.1) is 0 Å². The summed E-state index contributed by atoms with van der Waals surface area (Å²) in [6.45, 7) is 5.03. The second-order valence-corrected chi connectivity index (χ2v) is 5.78. The first-order valence-electron chi connectivity index (χ1n) is 7.71. The molecule has 2 heterocycles. The van der Waals surface area contributed by atoms with Crippen LogP contribution < -0.4 is 4.74 Å². The molecule has 2 unspecified atom stereocenters. The quantitative estimate of drug-likeness (QED) is 0.871. The Morgan fingerprint density at radius 1 is 1.30 bits per heavy atom. The maximum absolute atomic E-state index is 12.9. The summed E-state index contributed by atoms with van der Waals surface area (Å²) in [6.07, 6.45) is 1.76. The molecule has 0 saturated carbocycles. The van der Waals surface area contributed by atoms with Gasteiger partial charge >= 0.3 is 0 Å². The number of ether oxygens (including phenoxy) is 2. The summed E-state index contributed by atoms with van der Waals surface area (Å²) in [4.78, 5) is 14.7. The molecule has 2 atom stereocenters. The van der Waals surface area contributed by atoms with Gasteiger partial charge in [0.15, 0.2) is 11.4 Å². The van der Waals surface area contributed by atoms with Gasteiger partial charge in [0.25, 0.3) is 5.91 Å². The van der Waals surface area contributed by atoms with E-state index in [1.807, 2.05) is 44.2 Å². The van der Waals surface area contributed by atoms with E-state index >= 15 is 0 Å². The van der Waals surface area contributed by atoms with E-state index < -0.39 is 0 Å². The third-order valence-electron chi connectivity index (χ3n) is 3.99. The van der Waals surface area contributed by atoms with E-state index in [2.05, 4.69) is 5.10 Å². The molecule has 0 N–H and O–H groups in total. The fourth-order valence-electron chi connectivity index (χ4n) is 2.69. The van der Waals surface area contributed by atoms with Crippen molar-refractivity contribution in [3.05, 3.63) is 42.2 Å². The van der Waals surface area contributed by atoms with Crippen molar-refractivity contribution in [2.45, 2.75) is 26.0 Å². The van der Waals surface area contributed by atoms with Crippen molar-refractivity contribution < 1.29 is 14.3 Å². The van der Waals surface area contributed by atoms with Gasteiger partial charge in [-0.2, -0.15) is 5.10 Å². The summed E-state index contributed by atoms with van der Waals surface area (Å²) in [5.41, 5.74) is 1.21. The van der Waals surface area contributed by atoms with Gasteiger partial charge < -0.3 is 14.4 Å². The van der Waals surface area contributed by atoms with Gasteiger partial charge in [-0.25, -0.2) is 4.68 Å². The predicted octanol–water partition coefficient (Wildman–Crippen LogP) is 2.13. The molecule has 1 amide bonds. The van der Waals surface area contributed by atoms with Gasteiger partial charge in [-0.05, 0) is 26.0 Å². The van der Waals surface area contributed by atoms with Gasteiger partial charge in [-0.1, -0.05) is 18.2 Å². The highest BCUT2D eigenvalue weighted by Crippen LogP contribution is 2.23. The van der Waals surface area contributed by atoms with Gasteiger partial charge in [0.05, 0.1) is 37.7 Å². The zero-order valence-corrected chi connectivity index (χ0v) is 13.6. The standard InChI is InChI=1S/C17H21N3O3/c1-12-11-23-13(2)9-19(12)17(21)16-15(22-3)10-20(18-16)14-7-5-4-6-8-14/h4-8,10,12-13H,9,11H2,1-3H3. The Morgan fingerprint density at radius 2 is 2.04 bits per heavy atom. The summed E-state index contributed by atoms with van der Waals surface area (Å²) >= 11 is 0. The van der Waals surface area contributed by atoms with Crippen LogP contribution >= 0.6 is 0 Å². The van der Waals surface area contributed by atoms with Crippen molar-refractivity contribution in [1.29, 1.82) is 0 Å². The lowest BCUT2D eigenvalue weighted by molar-refractivity contribution is -0.0390. The third kappa shape index (κ3) is 3.07. The second kappa shape index (κ2) is 6.42. The molecule has 6 nitrogen and oxygen atoms in total. The Kier molecular flexibility index (Phi) is 4.34. The lowest BCUT2D eigenvalue weighted by atomic mass is 10.2. The van der Waals surface area contributed by atoms with E-state index in [0.717, 1.165) is 5.69 Å². The van der Waals surface area contributed by atoms with Crippen molar-refractivity contribution >= 4 is 5.91 Å². The van der Waals surface area contributed by atoms with Gasteiger partial charge in [0, 0.05) is 6.54 Å². The minimum atomic E-state index is -0.126. The number of hydrogen-bond acceptors (Lipinski definition) is 4. The van der Waals surface area contributed by atoms with Crippen LogP contribution in [0.3, 0.4) is 0 Å². The Bertz CT molecular complexity index is 684. The Morgan fingerprint density at radius 3 is 2.74 bits per heavy atom. The third-order valence-corrected chi connectivity index (χ3v) is 3.99. The number of nitrogens with zero attached hydrogens (tertiary/aromatic N) is 3. The SMILES string of the molecule is COc1cn(-c2ccccc2)nc1C(=O)N1CC(C)OCC1C. The monoisotopic (exact) mass is 315 g/mol. The maximum atomic E-state index is 12.9. The minimum absolute atomic E-state index is 0.0188. The number of carbonyl (C=O) groups excluding carboxylic acids is 1. The molecule has 0 aliphatic carbocycles. The molecule has 3 rings (SSSR count).